The highest BCUT2D eigenvalue weighted by Gasteiger charge is 2.20. The standard InChI is InChI=1S/C28H40N2O12/c1-7-23(31)37-15-21(17-39-25(33)19(3)4)41-27(35)29-13-11-9-10-12-14-30-28(36)42-22(16-38-24(32)8-2)18-40-26(34)20(5)6/h7-8,21-22H,1-3,5,9-18H2,4,6H3,(H,29,35)(H,30,36). The van der Waals surface area contributed by atoms with Crippen LogP contribution in [-0.2, 0) is 47.6 Å². The summed E-state index contributed by atoms with van der Waals surface area (Å²) in [6.45, 7) is 15.6. The van der Waals surface area contributed by atoms with E-state index in [-0.39, 0.29) is 50.7 Å². The fourth-order valence-electron chi connectivity index (χ4n) is 2.65. The molecule has 0 aromatic carbocycles. The van der Waals surface area contributed by atoms with Gasteiger partial charge in [-0.15, -0.1) is 0 Å². The van der Waals surface area contributed by atoms with E-state index in [9.17, 15) is 28.8 Å². The first-order chi connectivity index (χ1) is 19.9. The largest absolute Gasteiger partial charge is 0.458 e. The number of amides is 2. The molecule has 42 heavy (non-hydrogen) atoms. The van der Waals surface area contributed by atoms with Gasteiger partial charge in [0.05, 0.1) is 0 Å². The van der Waals surface area contributed by atoms with Gasteiger partial charge in [-0.1, -0.05) is 39.2 Å². The van der Waals surface area contributed by atoms with Crippen LogP contribution in [0.1, 0.15) is 39.5 Å². The number of hydrogen-bond acceptors (Lipinski definition) is 12. The van der Waals surface area contributed by atoms with Gasteiger partial charge in [-0.05, 0) is 26.7 Å². The van der Waals surface area contributed by atoms with Crippen molar-refractivity contribution < 1.29 is 57.2 Å². The SMILES string of the molecule is C=CC(=O)OCC(COC(=O)C(=C)C)OC(=O)NCCCCCCNC(=O)OC(COC(=O)C=C)COC(=O)C(=C)C. The minimum absolute atomic E-state index is 0.158. The number of ether oxygens (including phenoxy) is 6. The van der Waals surface area contributed by atoms with Crippen LogP contribution in [0.4, 0.5) is 9.59 Å². The van der Waals surface area contributed by atoms with Crippen LogP contribution in [0.3, 0.4) is 0 Å². The van der Waals surface area contributed by atoms with Crippen LogP contribution in [-0.4, -0.2) is 87.8 Å². The summed E-state index contributed by atoms with van der Waals surface area (Å²) in [7, 11) is 0. The van der Waals surface area contributed by atoms with Crippen molar-refractivity contribution in [1.82, 2.24) is 10.6 Å². The van der Waals surface area contributed by atoms with E-state index in [1.54, 1.807) is 0 Å². The summed E-state index contributed by atoms with van der Waals surface area (Å²) in [5.74, 6) is -2.81. The Morgan fingerprint density at radius 1 is 0.595 bits per heavy atom. The van der Waals surface area contributed by atoms with Gasteiger partial charge in [-0.2, -0.15) is 0 Å². The van der Waals surface area contributed by atoms with Gasteiger partial charge < -0.3 is 39.1 Å². The molecular weight excluding hydrogens is 556 g/mol. The molecule has 0 heterocycles. The smallest absolute Gasteiger partial charge is 0.407 e. The van der Waals surface area contributed by atoms with E-state index in [0.717, 1.165) is 12.2 Å². The van der Waals surface area contributed by atoms with Crippen molar-refractivity contribution in [3.63, 3.8) is 0 Å². The topological polar surface area (TPSA) is 182 Å². The molecule has 2 atom stereocenters. The molecule has 0 fully saturated rings. The number of hydrogen-bond donors (Lipinski definition) is 2. The monoisotopic (exact) mass is 596 g/mol. The molecule has 0 aliphatic rings. The molecule has 2 amide bonds. The lowest BCUT2D eigenvalue weighted by atomic mass is 10.2. The van der Waals surface area contributed by atoms with Crippen molar-refractivity contribution in [2.75, 3.05) is 39.5 Å². The van der Waals surface area contributed by atoms with Gasteiger partial charge in [0.1, 0.15) is 26.4 Å². The Balaban J connectivity index is 4.32. The summed E-state index contributed by atoms with van der Waals surface area (Å²) in [6.07, 6.45) is 0.886. The summed E-state index contributed by atoms with van der Waals surface area (Å²) >= 11 is 0. The van der Waals surface area contributed by atoms with Gasteiger partial charge in [0.15, 0.2) is 12.2 Å². The molecule has 0 aliphatic heterocycles. The van der Waals surface area contributed by atoms with Gasteiger partial charge in [0.25, 0.3) is 0 Å². The van der Waals surface area contributed by atoms with Crippen molar-refractivity contribution >= 4 is 36.1 Å². The molecule has 0 aromatic heterocycles. The number of carbonyl (C=O) groups excluding carboxylic acids is 6. The molecule has 0 aromatic rings. The van der Waals surface area contributed by atoms with E-state index >= 15 is 0 Å². The first kappa shape index (κ1) is 37.4. The fourth-order valence-corrected chi connectivity index (χ4v) is 2.65. The number of alkyl carbamates (subject to hydrolysis) is 2. The predicted molar refractivity (Wildman–Crippen MR) is 149 cm³/mol. The quantitative estimate of drug-likeness (QED) is 0.0856. The molecule has 0 aliphatic carbocycles. The van der Waals surface area contributed by atoms with Crippen LogP contribution in [0.15, 0.2) is 49.6 Å². The first-order valence-corrected chi connectivity index (χ1v) is 13.0. The Morgan fingerprint density at radius 3 is 1.24 bits per heavy atom. The van der Waals surface area contributed by atoms with Crippen molar-refractivity contribution in [2.24, 2.45) is 0 Å². The lowest BCUT2D eigenvalue weighted by molar-refractivity contribution is -0.148. The van der Waals surface area contributed by atoms with Crippen LogP contribution in [0.25, 0.3) is 0 Å². The van der Waals surface area contributed by atoms with Crippen LogP contribution < -0.4 is 10.6 Å². The molecule has 2 N–H and O–H groups in total. The Morgan fingerprint density at radius 2 is 0.929 bits per heavy atom. The Hall–Kier alpha value is -4.62. The third kappa shape index (κ3) is 19.4. The maximum Gasteiger partial charge on any atom is 0.407 e. The van der Waals surface area contributed by atoms with Gasteiger partial charge in [-0.25, -0.2) is 28.8 Å². The molecule has 14 nitrogen and oxygen atoms in total. The molecule has 0 saturated carbocycles. The predicted octanol–water partition coefficient (Wildman–Crippen LogP) is 2.43. The molecule has 0 spiro atoms. The second-order valence-electron chi connectivity index (χ2n) is 8.75. The molecule has 2 unspecified atom stereocenters. The average molecular weight is 597 g/mol. The van der Waals surface area contributed by atoms with Gasteiger partial charge in [-0.3, -0.25) is 0 Å². The van der Waals surface area contributed by atoms with Crippen LogP contribution in [0.2, 0.25) is 0 Å². The van der Waals surface area contributed by atoms with Crippen LogP contribution in [0, 0.1) is 0 Å². The highest BCUT2D eigenvalue weighted by molar-refractivity contribution is 5.87. The van der Waals surface area contributed by atoms with Gasteiger partial charge in [0.2, 0.25) is 0 Å². The number of carbonyl (C=O) groups is 6. The zero-order valence-corrected chi connectivity index (χ0v) is 24.1. The van der Waals surface area contributed by atoms with E-state index in [4.69, 9.17) is 28.4 Å². The summed E-state index contributed by atoms with van der Waals surface area (Å²) in [4.78, 5) is 69.9. The van der Waals surface area contributed by atoms with E-state index in [2.05, 4.69) is 36.9 Å². The number of unbranched alkanes of at least 4 members (excludes halogenated alkanes) is 3. The second kappa shape index (κ2) is 22.1. The highest BCUT2D eigenvalue weighted by atomic mass is 16.6. The molecule has 0 bridgehead atoms. The lowest BCUT2D eigenvalue weighted by Crippen LogP contribution is -2.36. The Labute approximate surface area is 245 Å². The third-order valence-corrected chi connectivity index (χ3v) is 4.84. The average Bonchev–Trinajstić information content (AvgIpc) is 2.95. The zero-order chi connectivity index (χ0) is 31.9. The van der Waals surface area contributed by atoms with E-state index in [0.29, 0.717) is 25.7 Å². The van der Waals surface area contributed by atoms with Crippen molar-refractivity contribution in [2.45, 2.75) is 51.7 Å². The maximum atomic E-state index is 12.1. The summed E-state index contributed by atoms with van der Waals surface area (Å²) in [5.41, 5.74) is 0.316. The van der Waals surface area contributed by atoms with E-state index in [1.807, 2.05) is 0 Å². The van der Waals surface area contributed by atoms with E-state index < -0.39 is 48.3 Å². The highest BCUT2D eigenvalue weighted by Crippen LogP contribution is 2.03. The Bertz CT molecular complexity index is 913. The van der Waals surface area contributed by atoms with Crippen molar-refractivity contribution in [3.8, 4) is 0 Å². The first-order valence-electron chi connectivity index (χ1n) is 13.0. The summed E-state index contributed by atoms with van der Waals surface area (Å²) < 4.78 is 30.0. The van der Waals surface area contributed by atoms with Crippen LogP contribution >= 0.6 is 0 Å². The van der Waals surface area contributed by atoms with Crippen LogP contribution in [0.5, 0.6) is 0 Å². The molecular formula is C28H40N2O12. The Kier molecular flexibility index (Phi) is 19.7. The number of rotatable bonds is 21. The normalized spacial score (nSPS) is 11.4. The van der Waals surface area contributed by atoms with Crippen molar-refractivity contribution in [1.29, 1.82) is 0 Å². The second-order valence-corrected chi connectivity index (χ2v) is 8.75. The number of nitrogens with one attached hydrogen (secondary N) is 2. The maximum absolute atomic E-state index is 12.1. The van der Waals surface area contributed by atoms with Gasteiger partial charge in [0, 0.05) is 36.4 Å². The van der Waals surface area contributed by atoms with Crippen molar-refractivity contribution in [3.05, 3.63) is 49.6 Å². The summed E-state index contributed by atoms with van der Waals surface area (Å²) in [5, 5.41) is 5.11. The minimum atomic E-state index is -1.03. The third-order valence-electron chi connectivity index (χ3n) is 4.84. The molecule has 0 radical (unpaired) electrons. The zero-order valence-electron chi connectivity index (χ0n) is 24.1. The fraction of sp³-hybridized carbons (Fsp3) is 0.500. The number of esters is 4. The lowest BCUT2D eigenvalue weighted by Gasteiger charge is -2.18. The molecule has 0 saturated heterocycles. The summed E-state index contributed by atoms with van der Waals surface area (Å²) in [6, 6.07) is 0. The van der Waals surface area contributed by atoms with Gasteiger partial charge >= 0.3 is 36.1 Å². The molecule has 234 valence electrons. The molecule has 14 heteroatoms. The van der Waals surface area contributed by atoms with E-state index in [1.165, 1.54) is 13.8 Å². The molecule has 0 rings (SSSR count). The minimum Gasteiger partial charge on any atom is -0.458 e.